The molecule has 0 aliphatic rings. The fourth-order valence-electron chi connectivity index (χ4n) is 2.13. The van der Waals surface area contributed by atoms with Crippen LogP contribution in [0.25, 0.3) is 0 Å². The van der Waals surface area contributed by atoms with Crippen molar-refractivity contribution in [3.63, 3.8) is 0 Å². The van der Waals surface area contributed by atoms with Crippen LogP contribution < -0.4 is 4.74 Å². The van der Waals surface area contributed by atoms with Crippen LogP contribution in [0.3, 0.4) is 0 Å². The van der Waals surface area contributed by atoms with Crippen molar-refractivity contribution in [2.75, 3.05) is 13.2 Å². The Morgan fingerprint density at radius 3 is 2.26 bits per heavy atom. The van der Waals surface area contributed by atoms with Crippen molar-refractivity contribution in [1.82, 2.24) is 4.90 Å². The summed E-state index contributed by atoms with van der Waals surface area (Å²) in [6, 6.07) is 6.41. The van der Waals surface area contributed by atoms with Crippen LogP contribution in [0.2, 0.25) is 10.0 Å². The van der Waals surface area contributed by atoms with Gasteiger partial charge in [0.15, 0.2) is 0 Å². The summed E-state index contributed by atoms with van der Waals surface area (Å²) in [6.07, 6.45) is 0.981. The van der Waals surface area contributed by atoms with Gasteiger partial charge in [-0.1, -0.05) is 23.2 Å². The topological polar surface area (TPSA) is 12.5 Å². The molecule has 0 aliphatic carbocycles. The molecule has 1 rings (SSSR count). The van der Waals surface area contributed by atoms with Crippen molar-refractivity contribution in [2.24, 2.45) is 0 Å². The molecule has 0 amide bonds. The van der Waals surface area contributed by atoms with Crippen LogP contribution in [0, 0.1) is 0 Å². The van der Waals surface area contributed by atoms with Crippen LogP contribution in [0.5, 0.6) is 5.75 Å². The largest absolute Gasteiger partial charge is 0.492 e. The summed E-state index contributed by atoms with van der Waals surface area (Å²) in [7, 11) is 0. The minimum Gasteiger partial charge on any atom is -0.492 e. The summed E-state index contributed by atoms with van der Waals surface area (Å²) in [4.78, 5) is 2.45. The number of ether oxygens (including phenoxy) is 1. The van der Waals surface area contributed by atoms with E-state index in [0.717, 1.165) is 13.0 Å². The second kappa shape index (κ2) is 7.98. The monoisotopic (exact) mass is 303 g/mol. The Morgan fingerprint density at radius 2 is 1.74 bits per heavy atom. The maximum Gasteiger partial charge on any atom is 0.137 e. The lowest BCUT2D eigenvalue weighted by Crippen LogP contribution is -2.38. The van der Waals surface area contributed by atoms with E-state index in [9.17, 15) is 0 Å². The van der Waals surface area contributed by atoms with Crippen LogP contribution in [-0.4, -0.2) is 30.1 Å². The van der Waals surface area contributed by atoms with Gasteiger partial charge in [0.2, 0.25) is 0 Å². The van der Waals surface area contributed by atoms with E-state index in [0.29, 0.717) is 34.5 Å². The summed E-state index contributed by atoms with van der Waals surface area (Å²) in [6.45, 7) is 10.6. The quantitative estimate of drug-likeness (QED) is 0.666. The molecule has 0 heterocycles. The first-order chi connectivity index (χ1) is 8.91. The zero-order valence-electron chi connectivity index (χ0n) is 12.1. The molecule has 19 heavy (non-hydrogen) atoms. The van der Waals surface area contributed by atoms with Crippen LogP contribution >= 0.6 is 23.2 Å². The molecule has 1 aromatic rings. The third-order valence-corrected chi connectivity index (χ3v) is 3.57. The van der Waals surface area contributed by atoms with Gasteiger partial charge in [-0.25, -0.2) is 0 Å². The molecule has 0 saturated heterocycles. The fourth-order valence-corrected chi connectivity index (χ4v) is 2.60. The Bertz CT molecular complexity index is 386. The molecule has 0 radical (unpaired) electrons. The third-order valence-electron chi connectivity index (χ3n) is 3.04. The van der Waals surface area contributed by atoms with Gasteiger partial charge < -0.3 is 4.74 Å². The number of nitrogens with zero attached hydrogens (tertiary/aromatic N) is 1. The molecule has 0 fully saturated rings. The van der Waals surface area contributed by atoms with E-state index >= 15 is 0 Å². The van der Waals surface area contributed by atoms with Gasteiger partial charge in [0.25, 0.3) is 0 Å². The lowest BCUT2D eigenvalue weighted by atomic mass is 10.2. The Kier molecular flexibility index (Phi) is 6.98. The van der Waals surface area contributed by atoms with Crippen LogP contribution in [0.1, 0.15) is 34.1 Å². The Balaban J connectivity index is 2.38. The zero-order valence-corrected chi connectivity index (χ0v) is 13.6. The molecule has 0 aliphatic heterocycles. The summed E-state index contributed by atoms with van der Waals surface area (Å²) >= 11 is 11.9. The predicted molar refractivity (Wildman–Crippen MR) is 83.6 cm³/mol. The molecule has 0 saturated carbocycles. The highest BCUT2D eigenvalue weighted by Gasteiger charge is 2.12. The van der Waals surface area contributed by atoms with Gasteiger partial charge in [0.05, 0.1) is 11.6 Å². The molecular formula is C15H23Cl2NO. The maximum absolute atomic E-state index is 6.05. The van der Waals surface area contributed by atoms with Crippen LogP contribution in [-0.2, 0) is 0 Å². The van der Waals surface area contributed by atoms with Crippen molar-refractivity contribution < 1.29 is 4.74 Å². The number of hydrogen-bond donors (Lipinski definition) is 0. The molecule has 4 heteroatoms. The molecule has 0 N–H and O–H groups in total. The van der Waals surface area contributed by atoms with E-state index in [1.54, 1.807) is 12.1 Å². The van der Waals surface area contributed by atoms with Gasteiger partial charge in [0, 0.05) is 23.7 Å². The minimum absolute atomic E-state index is 0.555. The molecular weight excluding hydrogens is 281 g/mol. The second-order valence-electron chi connectivity index (χ2n) is 5.20. The summed E-state index contributed by atoms with van der Waals surface area (Å²) in [5, 5.41) is 1.19. The number of hydrogen-bond acceptors (Lipinski definition) is 2. The number of benzene rings is 1. The Hall–Kier alpha value is -0.440. The highest BCUT2D eigenvalue weighted by molar-refractivity contribution is 6.35. The van der Waals surface area contributed by atoms with Crippen molar-refractivity contribution >= 4 is 23.2 Å². The number of halogens is 2. The summed E-state index contributed by atoms with van der Waals surface area (Å²) in [5.74, 6) is 0.701. The molecule has 0 spiro atoms. The van der Waals surface area contributed by atoms with E-state index in [-0.39, 0.29) is 0 Å². The highest BCUT2D eigenvalue weighted by atomic mass is 35.5. The first kappa shape index (κ1) is 16.6. The van der Waals surface area contributed by atoms with Crippen molar-refractivity contribution in [1.29, 1.82) is 0 Å². The first-order valence-electron chi connectivity index (χ1n) is 6.75. The van der Waals surface area contributed by atoms with Gasteiger partial charge in [-0.3, -0.25) is 4.90 Å². The fraction of sp³-hybridized carbons (Fsp3) is 0.600. The average molecular weight is 304 g/mol. The van der Waals surface area contributed by atoms with Gasteiger partial charge >= 0.3 is 0 Å². The molecule has 0 atom stereocenters. The van der Waals surface area contributed by atoms with Gasteiger partial charge in [-0.2, -0.15) is 0 Å². The molecule has 2 nitrogen and oxygen atoms in total. The Labute approximate surface area is 126 Å². The molecule has 1 aromatic carbocycles. The molecule has 108 valence electrons. The molecule has 0 unspecified atom stereocenters. The summed E-state index contributed by atoms with van der Waals surface area (Å²) in [5.41, 5.74) is 0. The third kappa shape index (κ3) is 5.60. The average Bonchev–Trinajstić information content (AvgIpc) is 2.30. The zero-order chi connectivity index (χ0) is 14.4. The van der Waals surface area contributed by atoms with E-state index in [1.807, 2.05) is 6.07 Å². The standard InChI is InChI=1S/C15H23Cl2NO/c1-11(2)18(12(3)4)8-5-9-19-15-7-6-13(16)10-14(15)17/h6-7,10-12H,5,8-9H2,1-4H3. The van der Waals surface area contributed by atoms with Crippen LogP contribution in [0.15, 0.2) is 18.2 Å². The first-order valence-corrected chi connectivity index (χ1v) is 7.51. The van der Waals surface area contributed by atoms with Gasteiger partial charge in [-0.15, -0.1) is 0 Å². The molecule has 0 aromatic heterocycles. The van der Waals surface area contributed by atoms with Crippen molar-refractivity contribution in [3.05, 3.63) is 28.2 Å². The van der Waals surface area contributed by atoms with Crippen molar-refractivity contribution in [2.45, 2.75) is 46.2 Å². The predicted octanol–water partition coefficient (Wildman–Crippen LogP) is 4.88. The molecule has 0 bridgehead atoms. The van der Waals surface area contributed by atoms with Crippen LogP contribution in [0.4, 0.5) is 0 Å². The Morgan fingerprint density at radius 1 is 1.11 bits per heavy atom. The number of rotatable bonds is 7. The highest BCUT2D eigenvalue weighted by Crippen LogP contribution is 2.27. The van der Waals surface area contributed by atoms with E-state index < -0.39 is 0 Å². The van der Waals surface area contributed by atoms with E-state index in [4.69, 9.17) is 27.9 Å². The minimum atomic E-state index is 0.555. The van der Waals surface area contributed by atoms with E-state index in [2.05, 4.69) is 32.6 Å². The van der Waals surface area contributed by atoms with Crippen molar-refractivity contribution in [3.8, 4) is 5.75 Å². The lowest BCUT2D eigenvalue weighted by molar-refractivity contribution is 0.160. The van der Waals surface area contributed by atoms with Gasteiger partial charge in [0.1, 0.15) is 5.75 Å². The summed E-state index contributed by atoms with van der Waals surface area (Å²) < 4.78 is 5.68. The second-order valence-corrected chi connectivity index (χ2v) is 6.05. The SMILES string of the molecule is CC(C)N(CCCOc1ccc(Cl)cc1Cl)C(C)C. The van der Waals surface area contributed by atoms with Gasteiger partial charge in [-0.05, 0) is 52.3 Å². The normalized spacial score (nSPS) is 11.6. The maximum atomic E-state index is 6.05. The lowest BCUT2D eigenvalue weighted by Gasteiger charge is -2.30. The van der Waals surface area contributed by atoms with E-state index in [1.165, 1.54) is 0 Å². The smallest absolute Gasteiger partial charge is 0.137 e.